The molecule has 0 aliphatic heterocycles. The molecule has 1 aliphatic rings. The van der Waals surface area contributed by atoms with E-state index in [1.807, 2.05) is 6.92 Å². The monoisotopic (exact) mass is 278 g/mol. The molecule has 1 atom stereocenters. The first-order chi connectivity index (χ1) is 9.69. The van der Waals surface area contributed by atoms with Crippen molar-refractivity contribution in [1.29, 1.82) is 0 Å². The molecule has 1 N–H and O–H groups in total. The molecule has 1 fully saturated rings. The van der Waals surface area contributed by atoms with Crippen molar-refractivity contribution in [2.24, 2.45) is 0 Å². The van der Waals surface area contributed by atoms with Gasteiger partial charge in [0.05, 0.1) is 6.61 Å². The Labute approximate surface area is 119 Å². The van der Waals surface area contributed by atoms with Gasteiger partial charge < -0.3 is 14.8 Å². The highest BCUT2D eigenvalue weighted by Gasteiger charge is 2.18. The lowest BCUT2D eigenvalue weighted by Gasteiger charge is -2.14. The first-order valence-corrected chi connectivity index (χ1v) is 7.11. The van der Waals surface area contributed by atoms with Crippen LogP contribution in [0.2, 0.25) is 0 Å². The minimum Gasteiger partial charge on any atom is -0.474 e. The minimum absolute atomic E-state index is 0.0279. The summed E-state index contributed by atoms with van der Waals surface area (Å²) in [6.07, 6.45) is 6.42. The van der Waals surface area contributed by atoms with Crippen molar-refractivity contribution < 1.29 is 14.3 Å². The molecule has 1 aromatic rings. The predicted molar refractivity (Wildman–Crippen MR) is 75.9 cm³/mol. The molecule has 0 unspecified atom stereocenters. The Morgan fingerprint density at radius 1 is 1.50 bits per heavy atom. The number of nitrogens with one attached hydrogen (secondary N) is 1. The van der Waals surface area contributed by atoms with Crippen molar-refractivity contribution in [2.45, 2.75) is 44.8 Å². The maximum Gasteiger partial charge on any atom is 0.251 e. The molecule has 0 saturated heterocycles. The van der Waals surface area contributed by atoms with Crippen LogP contribution in [0.25, 0.3) is 0 Å². The highest BCUT2D eigenvalue weighted by molar-refractivity contribution is 5.94. The highest BCUT2D eigenvalue weighted by atomic mass is 16.5. The highest BCUT2D eigenvalue weighted by Crippen LogP contribution is 2.23. The summed E-state index contributed by atoms with van der Waals surface area (Å²) in [4.78, 5) is 16.2. The number of methoxy groups -OCH3 is 1. The molecule has 1 aliphatic carbocycles. The summed E-state index contributed by atoms with van der Waals surface area (Å²) in [5, 5.41) is 2.87. The van der Waals surface area contributed by atoms with E-state index in [2.05, 4.69) is 10.3 Å². The summed E-state index contributed by atoms with van der Waals surface area (Å²) >= 11 is 0. The number of nitrogens with zero attached hydrogens (tertiary/aromatic N) is 1. The van der Waals surface area contributed by atoms with Gasteiger partial charge in [0.25, 0.3) is 5.91 Å². The Kier molecular flexibility index (Phi) is 5.35. The number of carbonyl (C=O) groups excluding carboxylic acids is 1. The van der Waals surface area contributed by atoms with Crippen LogP contribution in [-0.4, -0.2) is 36.8 Å². The molecule has 5 nitrogen and oxygen atoms in total. The third-order valence-electron chi connectivity index (χ3n) is 3.38. The standard InChI is InChI=1S/C15H22N2O3/c1-11(10-19-2)17-15(18)12-7-8-16-14(9-12)20-13-5-3-4-6-13/h7-9,11,13H,3-6,10H2,1-2H3,(H,17,18)/t11-/m0/s1. The summed E-state index contributed by atoms with van der Waals surface area (Å²) in [5.74, 6) is 0.400. The second-order valence-corrected chi connectivity index (χ2v) is 5.24. The number of pyridine rings is 1. The summed E-state index contributed by atoms with van der Waals surface area (Å²) in [7, 11) is 1.61. The number of rotatable bonds is 6. The van der Waals surface area contributed by atoms with Crippen molar-refractivity contribution in [1.82, 2.24) is 10.3 Å². The van der Waals surface area contributed by atoms with E-state index in [0.29, 0.717) is 18.1 Å². The Morgan fingerprint density at radius 3 is 2.95 bits per heavy atom. The number of hydrogen-bond donors (Lipinski definition) is 1. The number of aromatic nitrogens is 1. The number of amides is 1. The molecular weight excluding hydrogens is 256 g/mol. The maximum atomic E-state index is 12.1. The maximum absolute atomic E-state index is 12.1. The zero-order valence-electron chi connectivity index (χ0n) is 12.1. The van der Waals surface area contributed by atoms with Crippen molar-refractivity contribution in [2.75, 3.05) is 13.7 Å². The Balaban J connectivity index is 1.95. The number of ether oxygens (including phenoxy) is 2. The lowest BCUT2D eigenvalue weighted by Crippen LogP contribution is -2.35. The van der Waals surface area contributed by atoms with Crippen LogP contribution in [0.4, 0.5) is 0 Å². The molecule has 0 spiro atoms. The third-order valence-corrected chi connectivity index (χ3v) is 3.38. The molecule has 1 saturated carbocycles. The third kappa shape index (κ3) is 4.20. The fourth-order valence-corrected chi connectivity index (χ4v) is 2.39. The zero-order chi connectivity index (χ0) is 14.4. The molecule has 5 heteroatoms. The molecule has 2 rings (SSSR count). The molecule has 0 bridgehead atoms. The average molecular weight is 278 g/mol. The van der Waals surface area contributed by atoms with E-state index >= 15 is 0 Å². The quantitative estimate of drug-likeness (QED) is 0.866. The minimum atomic E-state index is -0.131. The van der Waals surface area contributed by atoms with Gasteiger partial charge >= 0.3 is 0 Å². The topological polar surface area (TPSA) is 60.5 Å². The molecule has 20 heavy (non-hydrogen) atoms. The Hall–Kier alpha value is -1.62. The van der Waals surface area contributed by atoms with Gasteiger partial charge in [-0.2, -0.15) is 0 Å². The van der Waals surface area contributed by atoms with Crippen molar-refractivity contribution in [3.05, 3.63) is 23.9 Å². The van der Waals surface area contributed by atoms with Crippen LogP contribution in [-0.2, 0) is 4.74 Å². The van der Waals surface area contributed by atoms with E-state index in [4.69, 9.17) is 9.47 Å². The Bertz CT molecular complexity index is 444. The van der Waals surface area contributed by atoms with Crippen molar-refractivity contribution in [3.8, 4) is 5.88 Å². The van der Waals surface area contributed by atoms with Crippen molar-refractivity contribution >= 4 is 5.91 Å². The molecule has 1 heterocycles. The molecule has 0 radical (unpaired) electrons. The van der Waals surface area contributed by atoms with Gasteiger partial charge in [-0.25, -0.2) is 4.98 Å². The van der Waals surface area contributed by atoms with E-state index in [1.54, 1.807) is 25.4 Å². The number of carbonyl (C=O) groups is 1. The second kappa shape index (κ2) is 7.24. The largest absolute Gasteiger partial charge is 0.474 e. The first kappa shape index (κ1) is 14.8. The smallest absolute Gasteiger partial charge is 0.251 e. The molecule has 1 amide bonds. The molecule has 1 aromatic heterocycles. The van der Waals surface area contributed by atoms with Gasteiger partial charge in [0, 0.05) is 31.0 Å². The number of hydrogen-bond acceptors (Lipinski definition) is 4. The van der Waals surface area contributed by atoms with Gasteiger partial charge in [-0.3, -0.25) is 4.79 Å². The fraction of sp³-hybridized carbons (Fsp3) is 0.600. The van der Waals surface area contributed by atoms with Gasteiger partial charge in [-0.15, -0.1) is 0 Å². The second-order valence-electron chi connectivity index (χ2n) is 5.24. The van der Waals surface area contributed by atoms with Crippen LogP contribution in [0, 0.1) is 0 Å². The predicted octanol–water partition coefficient (Wildman–Crippen LogP) is 2.17. The lowest BCUT2D eigenvalue weighted by atomic mass is 10.2. The van der Waals surface area contributed by atoms with Crippen molar-refractivity contribution in [3.63, 3.8) is 0 Å². The van der Waals surface area contributed by atoms with Crippen LogP contribution < -0.4 is 10.1 Å². The summed E-state index contributed by atoms with van der Waals surface area (Å²) in [6.45, 7) is 2.39. The Morgan fingerprint density at radius 2 is 2.25 bits per heavy atom. The first-order valence-electron chi connectivity index (χ1n) is 7.11. The van der Waals surface area contributed by atoms with Crippen LogP contribution in [0.3, 0.4) is 0 Å². The van der Waals surface area contributed by atoms with Gasteiger partial charge in [0.15, 0.2) is 0 Å². The van der Waals surface area contributed by atoms with Gasteiger partial charge in [-0.05, 0) is 38.7 Å². The SMILES string of the molecule is COC[C@H](C)NC(=O)c1ccnc(OC2CCCC2)c1. The summed E-state index contributed by atoms with van der Waals surface area (Å²) in [6, 6.07) is 3.36. The van der Waals surface area contributed by atoms with Crippen LogP contribution in [0.5, 0.6) is 5.88 Å². The molecule has 0 aromatic carbocycles. The van der Waals surface area contributed by atoms with Crippen LogP contribution in [0.15, 0.2) is 18.3 Å². The van der Waals surface area contributed by atoms with Crippen LogP contribution >= 0.6 is 0 Å². The average Bonchev–Trinajstić information content (AvgIpc) is 2.92. The van der Waals surface area contributed by atoms with E-state index in [0.717, 1.165) is 12.8 Å². The normalized spacial score (nSPS) is 16.9. The molecular formula is C15H22N2O3. The van der Waals surface area contributed by atoms with E-state index in [1.165, 1.54) is 12.8 Å². The zero-order valence-corrected chi connectivity index (χ0v) is 12.1. The van der Waals surface area contributed by atoms with Gasteiger partial charge in [0.2, 0.25) is 5.88 Å². The lowest BCUT2D eigenvalue weighted by molar-refractivity contribution is 0.0904. The van der Waals surface area contributed by atoms with E-state index in [-0.39, 0.29) is 18.1 Å². The molecule has 110 valence electrons. The van der Waals surface area contributed by atoms with E-state index < -0.39 is 0 Å². The van der Waals surface area contributed by atoms with Crippen LogP contribution in [0.1, 0.15) is 43.0 Å². The van der Waals surface area contributed by atoms with Gasteiger partial charge in [-0.1, -0.05) is 0 Å². The fourth-order valence-electron chi connectivity index (χ4n) is 2.39. The summed E-state index contributed by atoms with van der Waals surface area (Å²) < 4.78 is 10.8. The van der Waals surface area contributed by atoms with Gasteiger partial charge in [0.1, 0.15) is 6.10 Å². The van der Waals surface area contributed by atoms with E-state index in [9.17, 15) is 4.79 Å². The summed E-state index contributed by atoms with van der Waals surface area (Å²) in [5.41, 5.74) is 0.566.